The Hall–Kier alpha value is -1.42. The van der Waals surface area contributed by atoms with Gasteiger partial charge in [0, 0.05) is 32.0 Å². The first-order chi connectivity index (χ1) is 7.24. The van der Waals surface area contributed by atoms with Crippen LogP contribution in [-0.2, 0) is 16.0 Å². The quantitative estimate of drug-likeness (QED) is 0.777. The minimum absolute atomic E-state index is 0.0894. The molecule has 0 aliphatic rings. The smallest absolute Gasteiger partial charge is 0.248 e. The average molecular weight is 208 g/mol. The van der Waals surface area contributed by atoms with Crippen LogP contribution in [0.5, 0.6) is 0 Å². The lowest BCUT2D eigenvalue weighted by Gasteiger charge is -2.09. The van der Waals surface area contributed by atoms with Crippen molar-refractivity contribution < 1.29 is 9.53 Å². The van der Waals surface area contributed by atoms with E-state index in [2.05, 4.69) is 10.3 Å². The van der Waals surface area contributed by atoms with Crippen molar-refractivity contribution in [2.24, 2.45) is 0 Å². The molecule has 1 aromatic heterocycles. The minimum atomic E-state index is -0.395. The molecular formula is C11H16N2O2. The van der Waals surface area contributed by atoms with Gasteiger partial charge in [0.15, 0.2) is 0 Å². The number of ether oxygens (including phenoxy) is 1. The highest BCUT2D eigenvalue weighted by Gasteiger charge is 2.09. The second-order valence-corrected chi connectivity index (χ2v) is 3.24. The Kier molecular flexibility index (Phi) is 4.77. The summed E-state index contributed by atoms with van der Waals surface area (Å²) >= 11 is 0. The number of carbonyl (C=O) groups excluding carboxylic acids is 1. The van der Waals surface area contributed by atoms with Crippen LogP contribution >= 0.6 is 0 Å². The Labute approximate surface area is 89.7 Å². The molecule has 1 unspecified atom stereocenters. The van der Waals surface area contributed by atoms with Gasteiger partial charge in [0.1, 0.15) is 6.10 Å². The molecule has 0 aliphatic heterocycles. The fourth-order valence-electron chi connectivity index (χ4n) is 1.11. The van der Waals surface area contributed by atoms with E-state index >= 15 is 0 Å². The van der Waals surface area contributed by atoms with Crippen molar-refractivity contribution in [1.82, 2.24) is 10.3 Å². The maximum Gasteiger partial charge on any atom is 0.248 e. The van der Waals surface area contributed by atoms with Crippen molar-refractivity contribution in [2.45, 2.75) is 19.4 Å². The van der Waals surface area contributed by atoms with Gasteiger partial charge < -0.3 is 10.1 Å². The first kappa shape index (κ1) is 11.7. The van der Waals surface area contributed by atoms with Gasteiger partial charge in [-0.25, -0.2) is 0 Å². The van der Waals surface area contributed by atoms with Crippen molar-refractivity contribution >= 4 is 5.91 Å². The molecule has 0 saturated carbocycles. The fraction of sp³-hybridized carbons (Fsp3) is 0.455. The average Bonchev–Trinajstić information content (AvgIpc) is 2.29. The molecule has 0 bridgehead atoms. The third kappa shape index (κ3) is 4.08. The number of hydrogen-bond donors (Lipinski definition) is 1. The molecule has 1 amide bonds. The molecule has 1 rings (SSSR count). The summed E-state index contributed by atoms with van der Waals surface area (Å²) in [6.45, 7) is 2.31. The molecular weight excluding hydrogens is 192 g/mol. The lowest BCUT2D eigenvalue weighted by atomic mass is 10.2. The van der Waals surface area contributed by atoms with Crippen molar-refractivity contribution in [2.75, 3.05) is 13.7 Å². The summed E-state index contributed by atoms with van der Waals surface area (Å²) in [7, 11) is 1.52. The largest absolute Gasteiger partial charge is 0.372 e. The number of carbonyl (C=O) groups is 1. The normalized spacial score (nSPS) is 12.1. The lowest BCUT2D eigenvalue weighted by molar-refractivity contribution is -0.129. The van der Waals surface area contributed by atoms with Crippen molar-refractivity contribution in [3.63, 3.8) is 0 Å². The standard InChI is InChI=1S/C11H16N2O2/c1-9(15-2)11(14)13-8-6-10-5-3-4-7-12-10/h3-5,7,9H,6,8H2,1-2H3,(H,13,14). The van der Waals surface area contributed by atoms with Crippen molar-refractivity contribution in [3.05, 3.63) is 30.1 Å². The van der Waals surface area contributed by atoms with E-state index < -0.39 is 6.10 Å². The zero-order valence-corrected chi connectivity index (χ0v) is 9.06. The molecule has 0 fully saturated rings. The second-order valence-electron chi connectivity index (χ2n) is 3.24. The predicted molar refractivity (Wildman–Crippen MR) is 57.4 cm³/mol. The van der Waals surface area contributed by atoms with Crippen molar-refractivity contribution in [3.8, 4) is 0 Å². The lowest BCUT2D eigenvalue weighted by Crippen LogP contribution is -2.35. The molecule has 1 heterocycles. The topological polar surface area (TPSA) is 51.2 Å². The highest BCUT2D eigenvalue weighted by molar-refractivity contribution is 5.80. The van der Waals surface area contributed by atoms with E-state index in [1.807, 2.05) is 18.2 Å². The Balaban J connectivity index is 2.25. The van der Waals surface area contributed by atoms with Crippen LogP contribution in [0.3, 0.4) is 0 Å². The molecule has 1 atom stereocenters. The van der Waals surface area contributed by atoms with Gasteiger partial charge in [-0.1, -0.05) is 6.07 Å². The second kappa shape index (κ2) is 6.14. The first-order valence-electron chi connectivity index (χ1n) is 4.94. The molecule has 1 N–H and O–H groups in total. The number of nitrogens with one attached hydrogen (secondary N) is 1. The summed E-state index contributed by atoms with van der Waals surface area (Å²) in [6.07, 6.45) is 2.09. The van der Waals surface area contributed by atoms with E-state index in [0.717, 1.165) is 12.1 Å². The first-order valence-corrected chi connectivity index (χ1v) is 4.94. The number of aromatic nitrogens is 1. The van der Waals surface area contributed by atoms with E-state index in [0.29, 0.717) is 6.54 Å². The van der Waals surface area contributed by atoms with E-state index in [-0.39, 0.29) is 5.91 Å². The monoisotopic (exact) mass is 208 g/mol. The number of amides is 1. The molecule has 1 aromatic rings. The Morgan fingerprint density at radius 1 is 1.60 bits per heavy atom. The molecule has 15 heavy (non-hydrogen) atoms. The Morgan fingerprint density at radius 2 is 2.40 bits per heavy atom. The zero-order valence-electron chi connectivity index (χ0n) is 9.06. The van der Waals surface area contributed by atoms with Gasteiger partial charge in [-0.3, -0.25) is 9.78 Å². The van der Waals surface area contributed by atoms with Gasteiger partial charge in [0.2, 0.25) is 5.91 Å². The number of hydrogen-bond acceptors (Lipinski definition) is 3. The predicted octanol–water partition coefficient (Wildman–Crippen LogP) is 0.775. The van der Waals surface area contributed by atoms with Crippen LogP contribution in [-0.4, -0.2) is 30.6 Å². The fourth-order valence-corrected chi connectivity index (χ4v) is 1.11. The number of rotatable bonds is 5. The number of pyridine rings is 1. The Bertz CT molecular complexity index is 301. The van der Waals surface area contributed by atoms with Gasteiger partial charge in [0.25, 0.3) is 0 Å². The van der Waals surface area contributed by atoms with E-state index in [9.17, 15) is 4.79 Å². The van der Waals surface area contributed by atoms with Gasteiger partial charge in [-0.15, -0.1) is 0 Å². The summed E-state index contributed by atoms with van der Waals surface area (Å²) in [5.74, 6) is -0.0894. The molecule has 4 nitrogen and oxygen atoms in total. The van der Waals surface area contributed by atoms with Gasteiger partial charge in [-0.2, -0.15) is 0 Å². The van der Waals surface area contributed by atoms with Crippen LogP contribution in [0, 0.1) is 0 Å². The SMILES string of the molecule is COC(C)C(=O)NCCc1ccccn1. The number of nitrogens with zero attached hydrogens (tertiary/aromatic N) is 1. The van der Waals surface area contributed by atoms with Gasteiger partial charge >= 0.3 is 0 Å². The zero-order chi connectivity index (χ0) is 11.1. The van der Waals surface area contributed by atoms with Crippen LogP contribution in [0.25, 0.3) is 0 Å². The summed E-state index contributed by atoms with van der Waals surface area (Å²) in [5.41, 5.74) is 0.975. The van der Waals surface area contributed by atoms with E-state index in [4.69, 9.17) is 4.74 Å². The van der Waals surface area contributed by atoms with Crippen molar-refractivity contribution in [1.29, 1.82) is 0 Å². The number of methoxy groups -OCH3 is 1. The maximum absolute atomic E-state index is 11.3. The van der Waals surface area contributed by atoms with E-state index in [1.54, 1.807) is 13.1 Å². The molecule has 0 radical (unpaired) electrons. The third-order valence-electron chi connectivity index (χ3n) is 2.13. The van der Waals surface area contributed by atoms with Crippen LogP contribution in [0.4, 0.5) is 0 Å². The highest BCUT2D eigenvalue weighted by atomic mass is 16.5. The van der Waals surface area contributed by atoms with Gasteiger partial charge in [-0.05, 0) is 19.1 Å². The minimum Gasteiger partial charge on any atom is -0.372 e. The summed E-state index contributed by atoms with van der Waals surface area (Å²) in [5, 5.41) is 2.78. The molecule has 0 aliphatic carbocycles. The van der Waals surface area contributed by atoms with Crippen LogP contribution in [0.2, 0.25) is 0 Å². The van der Waals surface area contributed by atoms with Crippen LogP contribution < -0.4 is 5.32 Å². The van der Waals surface area contributed by atoms with Crippen LogP contribution in [0.1, 0.15) is 12.6 Å². The molecule has 82 valence electrons. The van der Waals surface area contributed by atoms with E-state index in [1.165, 1.54) is 7.11 Å². The third-order valence-corrected chi connectivity index (χ3v) is 2.13. The summed E-state index contributed by atoms with van der Waals surface area (Å²) in [4.78, 5) is 15.5. The maximum atomic E-state index is 11.3. The molecule has 0 aromatic carbocycles. The van der Waals surface area contributed by atoms with Gasteiger partial charge in [0.05, 0.1) is 0 Å². The molecule has 0 spiro atoms. The Morgan fingerprint density at radius 3 is 3.00 bits per heavy atom. The molecule has 0 saturated heterocycles. The summed E-state index contributed by atoms with van der Waals surface area (Å²) < 4.78 is 4.89. The highest BCUT2D eigenvalue weighted by Crippen LogP contribution is 1.93. The van der Waals surface area contributed by atoms with Crippen LogP contribution in [0.15, 0.2) is 24.4 Å². The molecule has 4 heteroatoms. The summed E-state index contributed by atoms with van der Waals surface area (Å²) in [6, 6.07) is 5.74.